The van der Waals surface area contributed by atoms with Crippen molar-refractivity contribution in [1.29, 1.82) is 0 Å². The molecule has 1 spiro atoms. The Balaban J connectivity index is 1.58. The molecule has 0 unspecified atom stereocenters. The lowest BCUT2D eigenvalue weighted by Crippen LogP contribution is -2.57. The molecule has 0 amide bonds. The highest BCUT2D eigenvalue weighted by molar-refractivity contribution is 7.91. The van der Waals surface area contributed by atoms with Gasteiger partial charge in [0, 0.05) is 31.7 Å². The zero-order valence-electron chi connectivity index (χ0n) is 15.9. The van der Waals surface area contributed by atoms with Crippen molar-refractivity contribution < 1.29 is 21.6 Å². The highest BCUT2D eigenvalue weighted by atomic mass is 32.2. The maximum atomic E-state index is 13.8. The Hall–Kier alpha value is -2.10. The molecule has 2 aromatic carbocycles. The fraction of sp³-hybridized carbons (Fsp3) is 0.400. The van der Waals surface area contributed by atoms with Crippen LogP contribution in [0.15, 0.2) is 42.5 Å². The van der Waals surface area contributed by atoms with Crippen molar-refractivity contribution >= 4 is 15.9 Å². The average Bonchev–Trinajstić information content (AvgIpc) is 2.87. The van der Waals surface area contributed by atoms with Gasteiger partial charge in [-0.05, 0) is 55.7 Å². The van der Waals surface area contributed by atoms with E-state index in [1.165, 1.54) is 34.6 Å². The zero-order valence-corrected chi connectivity index (χ0v) is 16.7. The van der Waals surface area contributed by atoms with Crippen LogP contribution < -0.4 is 9.03 Å². The summed E-state index contributed by atoms with van der Waals surface area (Å²) in [5.74, 6) is -1.74. The molecular formula is C20H22F3N3O2S. The third-order valence-electron chi connectivity index (χ3n) is 5.77. The maximum Gasteiger partial charge on any atom is 0.302 e. The van der Waals surface area contributed by atoms with E-state index < -0.39 is 33.2 Å². The SMILES string of the molecule is C[C@H]1C[C@]2(CCN1Cc1cc(F)cc(F)c1)CNS(=O)(=O)N2c1cccc(F)c1. The fourth-order valence-electron chi connectivity index (χ4n) is 4.50. The lowest BCUT2D eigenvalue weighted by molar-refractivity contribution is 0.106. The summed E-state index contributed by atoms with van der Waals surface area (Å²) in [6.07, 6.45) is 1.02. The van der Waals surface area contributed by atoms with Crippen LogP contribution in [-0.4, -0.2) is 38.0 Å². The highest BCUT2D eigenvalue weighted by Gasteiger charge is 2.52. The van der Waals surface area contributed by atoms with E-state index in [0.29, 0.717) is 37.2 Å². The molecule has 0 aromatic heterocycles. The maximum absolute atomic E-state index is 13.8. The molecular weight excluding hydrogens is 403 g/mol. The number of halogens is 3. The van der Waals surface area contributed by atoms with Crippen molar-refractivity contribution in [2.75, 3.05) is 17.4 Å². The molecule has 0 aliphatic carbocycles. The van der Waals surface area contributed by atoms with Gasteiger partial charge in [-0.2, -0.15) is 13.1 Å². The lowest BCUT2D eigenvalue weighted by atomic mass is 9.83. The van der Waals surface area contributed by atoms with Crippen LogP contribution in [0, 0.1) is 17.5 Å². The highest BCUT2D eigenvalue weighted by Crippen LogP contribution is 2.41. The van der Waals surface area contributed by atoms with E-state index in [1.54, 1.807) is 6.07 Å². The predicted octanol–water partition coefficient (Wildman–Crippen LogP) is 3.18. The van der Waals surface area contributed by atoms with Gasteiger partial charge in [0.2, 0.25) is 0 Å². The largest absolute Gasteiger partial charge is 0.302 e. The number of rotatable bonds is 3. The second-order valence-electron chi connectivity index (χ2n) is 7.85. The molecule has 2 aromatic rings. The van der Waals surface area contributed by atoms with Gasteiger partial charge in [-0.1, -0.05) is 6.07 Å². The molecule has 1 N–H and O–H groups in total. The zero-order chi connectivity index (χ0) is 20.8. The first kappa shape index (κ1) is 20.2. The summed E-state index contributed by atoms with van der Waals surface area (Å²) < 4.78 is 70.1. The minimum atomic E-state index is -3.78. The number of likely N-dealkylation sites (tertiary alicyclic amines) is 1. The molecule has 29 heavy (non-hydrogen) atoms. The Morgan fingerprint density at radius 1 is 1.10 bits per heavy atom. The first-order valence-corrected chi connectivity index (χ1v) is 10.9. The van der Waals surface area contributed by atoms with E-state index in [1.807, 2.05) is 6.92 Å². The molecule has 0 bridgehead atoms. The smallest absolute Gasteiger partial charge is 0.296 e. The molecule has 2 aliphatic rings. The minimum absolute atomic E-state index is 0.0405. The Morgan fingerprint density at radius 2 is 1.83 bits per heavy atom. The van der Waals surface area contributed by atoms with Crippen LogP contribution in [0.4, 0.5) is 18.9 Å². The Labute approximate surface area is 168 Å². The molecule has 2 aliphatic heterocycles. The summed E-state index contributed by atoms with van der Waals surface area (Å²) in [6.45, 7) is 3.11. The van der Waals surface area contributed by atoms with Crippen molar-refractivity contribution in [3.63, 3.8) is 0 Å². The summed E-state index contributed by atoms with van der Waals surface area (Å²) in [5.41, 5.74) is 0.114. The van der Waals surface area contributed by atoms with E-state index in [0.717, 1.165) is 6.07 Å². The first-order valence-electron chi connectivity index (χ1n) is 9.43. The van der Waals surface area contributed by atoms with Crippen molar-refractivity contribution in [3.8, 4) is 0 Å². The second-order valence-corrected chi connectivity index (χ2v) is 9.45. The number of anilines is 1. The number of benzene rings is 2. The predicted molar refractivity (Wildman–Crippen MR) is 104 cm³/mol. The third-order valence-corrected chi connectivity index (χ3v) is 7.36. The van der Waals surface area contributed by atoms with E-state index in [2.05, 4.69) is 9.62 Å². The normalized spacial score (nSPS) is 26.9. The van der Waals surface area contributed by atoms with Crippen LogP contribution in [0.25, 0.3) is 0 Å². The number of nitrogens with one attached hydrogen (secondary N) is 1. The fourth-order valence-corrected chi connectivity index (χ4v) is 6.21. The molecule has 4 rings (SSSR count). The van der Waals surface area contributed by atoms with E-state index in [9.17, 15) is 21.6 Å². The summed E-state index contributed by atoms with van der Waals surface area (Å²) in [7, 11) is -3.78. The molecule has 0 radical (unpaired) electrons. The van der Waals surface area contributed by atoms with Gasteiger partial charge in [0.05, 0.1) is 11.2 Å². The van der Waals surface area contributed by atoms with Gasteiger partial charge >= 0.3 is 10.2 Å². The quantitative estimate of drug-likeness (QED) is 0.822. The molecule has 156 valence electrons. The van der Waals surface area contributed by atoms with Gasteiger partial charge in [-0.15, -0.1) is 0 Å². The van der Waals surface area contributed by atoms with E-state index >= 15 is 0 Å². The van der Waals surface area contributed by atoms with Gasteiger partial charge in [-0.3, -0.25) is 9.21 Å². The molecule has 5 nitrogen and oxygen atoms in total. The topological polar surface area (TPSA) is 52.7 Å². The monoisotopic (exact) mass is 425 g/mol. The summed E-state index contributed by atoms with van der Waals surface area (Å²) >= 11 is 0. The Kier molecular flexibility index (Phi) is 5.08. The van der Waals surface area contributed by atoms with Crippen LogP contribution in [0.2, 0.25) is 0 Å². The Bertz CT molecular complexity index is 1010. The van der Waals surface area contributed by atoms with Crippen molar-refractivity contribution in [3.05, 3.63) is 65.5 Å². The van der Waals surface area contributed by atoms with Crippen molar-refractivity contribution in [2.24, 2.45) is 0 Å². The summed E-state index contributed by atoms with van der Waals surface area (Å²) in [4.78, 5) is 2.08. The van der Waals surface area contributed by atoms with Crippen LogP contribution in [0.5, 0.6) is 0 Å². The summed E-state index contributed by atoms with van der Waals surface area (Å²) in [5, 5.41) is 0. The number of nitrogens with zero attached hydrogens (tertiary/aromatic N) is 2. The molecule has 2 heterocycles. The molecule has 9 heteroatoms. The van der Waals surface area contributed by atoms with Gasteiger partial charge in [0.1, 0.15) is 17.5 Å². The van der Waals surface area contributed by atoms with Crippen LogP contribution in [0.3, 0.4) is 0 Å². The van der Waals surface area contributed by atoms with Crippen molar-refractivity contribution in [2.45, 2.75) is 37.9 Å². The standard InChI is InChI=1S/C20H22F3N3O2S/c1-14-11-20(5-6-25(14)12-15-7-17(22)9-18(23)8-15)13-24-29(27,28)26(20)19-4-2-3-16(21)10-19/h2-4,7-10,14,24H,5-6,11-13H2,1H3/t14-,20+/m0/s1. The van der Waals surface area contributed by atoms with Crippen LogP contribution in [0.1, 0.15) is 25.3 Å². The Morgan fingerprint density at radius 3 is 2.48 bits per heavy atom. The third kappa shape index (κ3) is 3.86. The van der Waals surface area contributed by atoms with Crippen LogP contribution >= 0.6 is 0 Å². The number of piperidine rings is 1. The van der Waals surface area contributed by atoms with Gasteiger partial charge in [0.15, 0.2) is 0 Å². The van der Waals surface area contributed by atoms with E-state index in [-0.39, 0.29) is 12.6 Å². The van der Waals surface area contributed by atoms with Gasteiger partial charge in [-0.25, -0.2) is 13.2 Å². The molecule has 0 saturated carbocycles. The van der Waals surface area contributed by atoms with Crippen molar-refractivity contribution in [1.82, 2.24) is 9.62 Å². The minimum Gasteiger partial charge on any atom is -0.296 e. The summed E-state index contributed by atoms with van der Waals surface area (Å²) in [6, 6.07) is 8.98. The molecule has 2 saturated heterocycles. The first-order chi connectivity index (χ1) is 13.7. The van der Waals surface area contributed by atoms with E-state index in [4.69, 9.17) is 0 Å². The number of hydrogen-bond donors (Lipinski definition) is 1. The average molecular weight is 425 g/mol. The number of hydrogen-bond acceptors (Lipinski definition) is 3. The molecule has 2 fully saturated rings. The van der Waals surface area contributed by atoms with Gasteiger partial charge in [0.25, 0.3) is 0 Å². The molecule has 2 atom stereocenters. The lowest BCUT2D eigenvalue weighted by Gasteiger charge is -2.47. The van der Waals surface area contributed by atoms with Crippen LogP contribution in [-0.2, 0) is 16.8 Å². The second kappa shape index (κ2) is 7.30. The van der Waals surface area contributed by atoms with Gasteiger partial charge < -0.3 is 0 Å².